The van der Waals surface area contributed by atoms with Gasteiger partial charge in [-0.3, -0.25) is 9.59 Å². The summed E-state index contributed by atoms with van der Waals surface area (Å²) in [5, 5.41) is 6.19. The third kappa shape index (κ3) is 4.52. The number of hydrogen-bond donors (Lipinski definition) is 2. The highest BCUT2D eigenvalue weighted by Crippen LogP contribution is 2.39. The lowest BCUT2D eigenvalue weighted by molar-refractivity contribution is -0.118. The average molecular weight is 449 g/mol. The third-order valence-corrected chi connectivity index (χ3v) is 8.40. The fraction of sp³-hybridized carbons (Fsp3) is 0.429. The molecule has 0 saturated carbocycles. The van der Waals surface area contributed by atoms with E-state index in [9.17, 15) is 18.0 Å². The summed E-state index contributed by atoms with van der Waals surface area (Å²) in [5.41, 5.74) is 2.38. The Morgan fingerprint density at radius 2 is 2.03 bits per heavy atom. The summed E-state index contributed by atoms with van der Waals surface area (Å²) in [5.74, 6) is 0.0559. The highest BCUT2D eigenvalue weighted by molar-refractivity contribution is 7.91. The average Bonchev–Trinajstić information content (AvgIpc) is 3.35. The van der Waals surface area contributed by atoms with Crippen LogP contribution in [0.5, 0.6) is 5.75 Å². The monoisotopic (exact) mass is 448 g/mol. The molecule has 2 aromatic rings. The molecule has 2 N–H and O–H groups in total. The first-order valence-corrected chi connectivity index (χ1v) is 12.6. The molecule has 1 fully saturated rings. The Bertz CT molecular complexity index is 1090. The second-order valence-electron chi connectivity index (χ2n) is 7.74. The number of benzene rings is 1. The second kappa shape index (κ2) is 8.39. The summed E-state index contributed by atoms with van der Waals surface area (Å²) in [4.78, 5) is 26.6. The summed E-state index contributed by atoms with van der Waals surface area (Å²) in [6, 6.07) is 7.07. The number of para-hydroxylation sites is 1. The van der Waals surface area contributed by atoms with Gasteiger partial charge >= 0.3 is 0 Å². The Morgan fingerprint density at radius 3 is 2.77 bits per heavy atom. The minimum absolute atomic E-state index is 0.0307. The van der Waals surface area contributed by atoms with E-state index in [0.717, 1.165) is 35.3 Å². The van der Waals surface area contributed by atoms with Crippen LogP contribution in [0.25, 0.3) is 0 Å². The number of hydrogen-bond acceptors (Lipinski definition) is 6. The molecule has 1 aliphatic carbocycles. The summed E-state index contributed by atoms with van der Waals surface area (Å²) in [6.45, 7) is 1.75. The summed E-state index contributed by atoms with van der Waals surface area (Å²) in [6.07, 6.45) is 3.07. The molecular weight excluding hydrogens is 424 g/mol. The first kappa shape index (κ1) is 20.9. The van der Waals surface area contributed by atoms with E-state index < -0.39 is 9.84 Å². The Labute approximate surface area is 179 Å². The zero-order valence-electron chi connectivity index (χ0n) is 16.7. The standard InChI is InChI=1S/C21H24N2O5S2/c1-13-5-2-3-7-16(13)28-11-18(24)23-21-19(15-6-4-8-17(15)29-21)20(25)22-14-9-10-30(26,27)12-14/h2-3,5,7,14H,4,6,8-12H2,1H3,(H,22,25)(H,23,24)/t14-/m1/s1. The molecular formula is C21H24N2O5S2. The van der Waals surface area contributed by atoms with Crippen LogP contribution in [0.1, 0.15) is 39.2 Å². The maximum Gasteiger partial charge on any atom is 0.262 e. The molecule has 9 heteroatoms. The molecule has 0 unspecified atom stereocenters. The van der Waals surface area contributed by atoms with Crippen molar-refractivity contribution in [3.05, 3.63) is 45.8 Å². The largest absolute Gasteiger partial charge is 0.483 e. The van der Waals surface area contributed by atoms with Crippen LogP contribution in [0, 0.1) is 6.92 Å². The number of sulfone groups is 1. The molecule has 4 rings (SSSR count). The molecule has 2 aliphatic rings. The van der Waals surface area contributed by atoms with Crippen molar-refractivity contribution in [1.82, 2.24) is 5.32 Å². The summed E-state index contributed by atoms with van der Waals surface area (Å²) >= 11 is 1.42. The number of rotatable bonds is 6. The lowest BCUT2D eigenvalue weighted by Gasteiger charge is -2.13. The van der Waals surface area contributed by atoms with Gasteiger partial charge in [0.25, 0.3) is 11.8 Å². The van der Waals surface area contributed by atoms with Gasteiger partial charge in [-0.15, -0.1) is 11.3 Å². The van der Waals surface area contributed by atoms with Crippen LogP contribution in [-0.2, 0) is 27.5 Å². The predicted octanol–water partition coefficient (Wildman–Crippen LogP) is 2.48. The van der Waals surface area contributed by atoms with Crippen molar-refractivity contribution in [2.24, 2.45) is 0 Å². The molecule has 1 saturated heterocycles. The van der Waals surface area contributed by atoms with Gasteiger partial charge in [-0.05, 0) is 49.8 Å². The van der Waals surface area contributed by atoms with Gasteiger partial charge in [-0.25, -0.2) is 8.42 Å². The van der Waals surface area contributed by atoms with Gasteiger partial charge in [0.05, 0.1) is 17.1 Å². The fourth-order valence-corrected chi connectivity index (χ4v) is 6.90. The number of anilines is 1. The van der Waals surface area contributed by atoms with Gasteiger partial charge in [-0.2, -0.15) is 0 Å². The normalized spacial score (nSPS) is 19.3. The summed E-state index contributed by atoms with van der Waals surface area (Å²) < 4.78 is 29.0. The van der Waals surface area contributed by atoms with Crippen molar-refractivity contribution in [3.63, 3.8) is 0 Å². The van der Waals surface area contributed by atoms with Crippen molar-refractivity contribution in [1.29, 1.82) is 0 Å². The number of amides is 2. The Morgan fingerprint density at radius 1 is 1.23 bits per heavy atom. The first-order chi connectivity index (χ1) is 14.3. The number of nitrogens with one attached hydrogen (secondary N) is 2. The molecule has 1 atom stereocenters. The van der Waals surface area contributed by atoms with Crippen LogP contribution in [0.3, 0.4) is 0 Å². The molecule has 30 heavy (non-hydrogen) atoms. The van der Waals surface area contributed by atoms with Gasteiger partial charge in [-0.1, -0.05) is 18.2 Å². The highest BCUT2D eigenvalue weighted by Gasteiger charge is 2.32. The van der Waals surface area contributed by atoms with Gasteiger partial charge in [0.15, 0.2) is 16.4 Å². The number of thiophene rings is 1. The van der Waals surface area contributed by atoms with E-state index in [2.05, 4.69) is 10.6 Å². The van der Waals surface area contributed by atoms with Crippen molar-refractivity contribution in [2.45, 2.75) is 38.6 Å². The fourth-order valence-electron chi connectivity index (χ4n) is 3.92. The minimum Gasteiger partial charge on any atom is -0.483 e. The van der Waals surface area contributed by atoms with Crippen molar-refractivity contribution < 1.29 is 22.7 Å². The maximum atomic E-state index is 13.0. The first-order valence-electron chi connectivity index (χ1n) is 9.96. The van der Waals surface area contributed by atoms with E-state index in [1.807, 2.05) is 25.1 Å². The zero-order valence-corrected chi connectivity index (χ0v) is 18.3. The van der Waals surface area contributed by atoms with Crippen LogP contribution in [0.2, 0.25) is 0 Å². The molecule has 1 aliphatic heterocycles. The van der Waals surface area contributed by atoms with Crippen molar-refractivity contribution >= 4 is 38.0 Å². The molecule has 1 aromatic heterocycles. The van der Waals surface area contributed by atoms with E-state index in [4.69, 9.17) is 4.74 Å². The molecule has 1 aromatic carbocycles. The van der Waals surface area contributed by atoms with E-state index in [1.54, 1.807) is 6.07 Å². The Kier molecular flexibility index (Phi) is 5.84. The molecule has 0 radical (unpaired) electrons. The number of carbonyl (C=O) groups excluding carboxylic acids is 2. The van der Waals surface area contributed by atoms with Crippen molar-refractivity contribution in [2.75, 3.05) is 23.4 Å². The zero-order chi connectivity index (χ0) is 21.3. The van der Waals surface area contributed by atoms with Crippen LogP contribution in [-0.4, -0.2) is 44.4 Å². The topological polar surface area (TPSA) is 102 Å². The van der Waals surface area contributed by atoms with E-state index in [1.165, 1.54) is 11.3 Å². The lowest BCUT2D eigenvalue weighted by atomic mass is 10.1. The Hall–Kier alpha value is -2.39. The Balaban J connectivity index is 1.46. The quantitative estimate of drug-likeness (QED) is 0.707. The number of fused-ring (bicyclic) bond motifs is 1. The highest BCUT2D eigenvalue weighted by atomic mass is 32.2. The van der Waals surface area contributed by atoms with E-state index >= 15 is 0 Å². The maximum absolute atomic E-state index is 13.0. The van der Waals surface area contributed by atoms with Gasteiger partial charge < -0.3 is 15.4 Å². The number of ether oxygens (including phenoxy) is 1. The van der Waals surface area contributed by atoms with Gasteiger partial charge in [0.1, 0.15) is 10.8 Å². The second-order valence-corrected chi connectivity index (χ2v) is 11.1. The van der Waals surface area contributed by atoms with Gasteiger partial charge in [0.2, 0.25) is 0 Å². The number of carbonyl (C=O) groups is 2. The number of aryl methyl sites for hydroxylation is 2. The molecule has 7 nitrogen and oxygen atoms in total. The molecule has 2 amide bonds. The van der Waals surface area contributed by atoms with Crippen LogP contribution >= 0.6 is 11.3 Å². The van der Waals surface area contributed by atoms with Crippen LogP contribution in [0.4, 0.5) is 5.00 Å². The van der Waals surface area contributed by atoms with Crippen LogP contribution < -0.4 is 15.4 Å². The SMILES string of the molecule is Cc1ccccc1OCC(=O)Nc1sc2c(c1C(=O)N[C@@H]1CCS(=O)(=O)C1)CCC2. The summed E-state index contributed by atoms with van der Waals surface area (Å²) in [7, 11) is -3.09. The minimum atomic E-state index is -3.09. The lowest BCUT2D eigenvalue weighted by Crippen LogP contribution is -2.36. The predicted molar refractivity (Wildman–Crippen MR) is 116 cm³/mol. The van der Waals surface area contributed by atoms with E-state index in [0.29, 0.717) is 22.7 Å². The molecule has 0 spiro atoms. The molecule has 0 bridgehead atoms. The third-order valence-electron chi connectivity index (χ3n) is 5.42. The molecule has 2 heterocycles. The van der Waals surface area contributed by atoms with E-state index in [-0.39, 0.29) is 36.0 Å². The van der Waals surface area contributed by atoms with Crippen LogP contribution in [0.15, 0.2) is 24.3 Å². The van der Waals surface area contributed by atoms with Crippen molar-refractivity contribution in [3.8, 4) is 5.75 Å². The smallest absolute Gasteiger partial charge is 0.262 e. The molecule has 160 valence electrons. The van der Waals surface area contributed by atoms with Gasteiger partial charge in [0, 0.05) is 10.9 Å².